The SMILES string of the molecule is O=C(O)CCCCCCNC(=O)N1CCN2CCCC2C1. The highest BCUT2D eigenvalue weighted by Gasteiger charge is 2.32. The van der Waals surface area contributed by atoms with Gasteiger partial charge in [0.1, 0.15) is 0 Å². The van der Waals surface area contributed by atoms with Crippen LogP contribution in [0, 0.1) is 0 Å². The monoisotopic (exact) mass is 297 g/mol. The number of aliphatic carboxylic acids is 1. The number of nitrogens with one attached hydrogen (secondary N) is 1. The number of nitrogens with zero attached hydrogens (tertiary/aromatic N) is 2. The van der Waals surface area contributed by atoms with E-state index >= 15 is 0 Å². The van der Waals surface area contributed by atoms with Gasteiger partial charge in [0.05, 0.1) is 0 Å². The predicted octanol–water partition coefficient (Wildman–Crippen LogP) is 1.51. The Balaban J connectivity index is 1.52. The standard InChI is InChI=1S/C15H27N3O3/c19-14(20)7-3-1-2-4-8-16-15(21)18-11-10-17-9-5-6-13(17)12-18/h13H,1-12H2,(H,16,21)(H,19,20). The molecule has 0 spiro atoms. The predicted molar refractivity (Wildman–Crippen MR) is 80.3 cm³/mol. The van der Waals surface area contributed by atoms with Gasteiger partial charge in [-0.2, -0.15) is 0 Å². The van der Waals surface area contributed by atoms with E-state index in [0.717, 1.165) is 45.3 Å². The maximum atomic E-state index is 12.1. The Labute approximate surface area is 126 Å². The summed E-state index contributed by atoms with van der Waals surface area (Å²) in [5.74, 6) is -0.727. The van der Waals surface area contributed by atoms with Crippen molar-refractivity contribution in [3.8, 4) is 0 Å². The molecule has 6 nitrogen and oxygen atoms in total. The molecule has 0 radical (unpaired) electrons. The zero-order valence-corrected chi connectivity index (χ0v) is 12.7. The molecule has 2 aliphatic rings. The number of unbranched alkanes of at least 4 members (excludes halogenated alkanes) is 3. The van der Waals surface area contributed by atoms with Crippen LogP contribution in [-0.4, -0.2) is 65.7 Å². The molecule has 0 aromatic heterocycles. The first-order valence-corrected chi connectivity index (χ1v) is 8.15. The number of carboxylic acid groups (broad SMARTS) is 1. The first kappa shape index (κ1) is 16.1. The molecule has 6 heteroatoms. The molecule has 2 fully saturated rings. The van der Waals surface area contributed by atoms with E-state index in [1.165, 1.54) is 19.4 Å². The lowest BCUT2D eigenvalue weighted by molar-refractivity contribution is -0.137. The summed E-state index contributed by atoms with van der Waals surface area (Å²) in [5.41, 5.74) is 0. The number of carbonyl (C=O) groups is 2. The molecule has 2 rings (SSSR count). The minimum atomic E-state index is -0.727. The Bertz CT molecular complexity index is 362. The second kappa shape index (κ2) is 8.22. The van der Waals surface area contributed by atoms with Crippen molar-refractivity contribution in [3.05, 3.63) is 0 Å². The van der Waals surface area contributed by atoms with E-state index in [-0.39, 0.29) is 12.5 Å². The van der Waals surface area contributed by atoms with Crippen LogP contribution in [0.25, 0.3) is 0 Å². The van der Waals surface area contributed by atoms with Gasteiger partial charge in [-0.05, 0) is 32.2 Å². The lowest BCUT2D eigenvalue weighted by Gasteiger charge is -2.37. The number of urea groups is 1. The van der Waals surface area contributed by atoms with Crippen LogP contribution in [0.15, 0.2) is 0 Å². The summed E-state index contributed by atoms with van der Waals surface area (Å²) in [4.78, 5) is 26.9. The molecule has 0 saturated carbocycles. The third-order valence-corrected chi connectivity index (χ3v) is 4.47. The van der Waals surface area contributed by atoms with Crippen molar-refractivity contribution in [1.29, 1.82) is 0 Å². The first-order valence-electron chi connectivity index (χ1n) is 8.15. The van der Waals surface area contributed by atoms with Gasteiger partial charge in [-0.3, -0.25) is 9.69 Å². The molecule has 1 atom stereocenters. The number of hydrogen-bond donors (Lipinski definition) is 2. The van der Waals surface area contributed by atoms with Crippen molar-refractivity contribution >= 4 is 12.0 Å². The number of hydrogen-bond acceptors (Lipinski definition) is 3. The van der Waals surface area contributed by atoms with E-state index in [2.05, 4.69) is 10.2 Å². The Morgan fingerprint density at radius 1 is 1.10 bits per heavy atom. The fourth-order valence-electron chi connectivity index (χ4n) is 3.24. The highest BCUT2D eigenvalue weighted by molar-refractivity contribution is 5.74. The van der Waals surface area contributed by atoms with Gasteiger partial charge < -0.3 is 15.3 Å². The maximum absolute atomic E-state index is 12.1. The van der Waals surface area contributed by atoms with Crippen molar-refractivity contribution in [1.82, 2.24) is 15.1 Å². The molecular formula is C15H27N3O3. The molecule has 21 heavy (non-hydrogen) atoms. The van der Waals surface area contributed by atoms with Crippen LogP contribution in [-0.2, 0) is 4.79 Å². The lowest BCUT2D eigenvalue weighted by atomic mass is 10.1. The molecule has 0 aromatic rings. The molecule has 2 heterocycles. The fraction of sp³-hybridized carbons (Fsp3) is 0.867. The third-order valence-electron chi connectivity index (χ3n) is 4.47. The molecule has 2 saturated heterocycles. The summed E-state index contributed by atoms with van der Waals surface area (Å²) in [5, 5.41) is 11.5. The number of fused-ring (bicyclic) bond motifs is 1. The van der Waals surface area contributed by atoms with Gasteiger partial charge in [-0.25, -0.2) is 4.79 Å². The number of rotatable bonds is 7. The van der Waals surface area contributed by atoms with Crippen molar-refractivity contribution in [2.45, 2.75) is 51.0 Å². The lowest BCUT2D eigenvalue weighted by Crippen LogP contribution is -2.54. The number of carboxylic acids is 1. The van der Waals surface area contributed by atoms with Gasteiger partial charge in [-0.15, -0.1) is 0 Å². The van der Waals surface area contributed by atoms with Crippen molar-refractivity contribution in [2.24, 2.45) is 0 Å². The Morgan fingerprint density at radius 2 is 1.90 bits per heavy atom. The summed E-state index contributed by atoms with van der Waals surface area (Å²) < 4.78 is 0. The molecule has 0 aromatic carbocycles. The summed E-state index contributed by atoms with van der Waals surface area (Å²) >= 11 is 0. The van der Waals surface area contributed by atoms with Gasteiger partial charge in [0.25, 0.3) is 0 Å². The van der Waals surface area contributed by atoms with Crippen molar-refractivity contribution in [3.63, 3.8) is 0 Å². The Kier molecular flexibility index (Phi) is 6.29. The second-order valence-electron chi connectivity index (χ2n) is 6.07. The molecular weight excluding hydrogens is 270 g/mol. The van der Waals surface area contributed by atoms with Crippen LogP contribution in [0.2, 0.25) is 0 Å². The quantitative estimate of drug-likeness (QED) is 0.699. The zero-order chi connectivity index (χ0) is 15.1. The van der Waals surface area contributed by atoms with Crippen LogP contribution in [0.1, 0.15) is 44.9 Å². The van der Waals surface area contributed by atoms with Gasteiger partial charge in [0, 0.05) is 38.6 Å². The molecule has 2 amide bonds. The summed E-state index contributed by atoms with van der Waals surface area (Å²) in [6, 6.07) is 0.632. The van der Waals surface area contributed by atoms with Crippen molar-refractivity contribution < 1.29 is 14.7 Å². The fourth-order valence-corrected chi connectivity index (χ4v) is 3.24. The first-order chi connectivity index (χ1) is 10.2. The average molecular weight is 297 g/mol. The van der Waals surface area contributed by atoms with Gasteiger partial charge in [0.15, 0.2) is 0 Å². The zero-order valence-electron chi connectivity index (χ0n) is 12.7. The smallest absolute Gasteiger partial charge is 0.317 e. The number of carbonyl (C=O) groups excluding carboxylic acids is 1. The molecule has 2 aliphatic heterocycles. The average Bonchev–Trinajstić information content (AvgIpc) is 2.93. The van der Waals surface area contributed by atoms with E-state index in [9.17, 15) is 9.59 Å². The summed E-state index contributed by atoms with van der Waals surface area (Å²) in [6.45, 7) is 4.59. The highest BCUT2D eigenvalue weighted by Crippen LogP contribution is 2.21. The van der Waals surface area contributed by atoms with E-state index in [1.807, 2.05) is 4.90 Å². The van der Waals surface area contributed by atoms with Crippen molar-refractivity contribution in [2.75, 3.05) is 32.7 Å². The van der Waals surface area contributed by atoms with E-state index < -0.39 is 5.97 Å². The van der Waals surface area contributed by atoms with Crippen LogP contribution in [0.3, 0.4) is 0 Å². The molecule has 0 bridgehead atoms. The Hall–Kier alpha value is -1.30. The van der Waals surface area contributed by atoms with E-state index in [0.29, 0.717) is 12.6 Å². The minimum absolute atomic E-state index is 0.0621. The highest BCUT2D eigenvalue weighted by atomic mass is 16.4. The normalized spacial score (nSPS) is 22.1. The molecule has 0 aliphatic carbocycles. The molecule has 1 unspecified atom stereocenters. The molecule has 2 N–H and O–H groups in total. The largest absolute Gasteiger partial charge is 0.481 e. The maximum Gasteiger partial charge on any atom is 0.317 e. The van der Waals surface area contributed by atoms with Gasteiger partial charge >= 0.3 is 12.0 Å². The summed E-state index contributed by atoms with van der Waals surface area (Å²) in [6.07, 6.45) is 6.27. The number of amides is 2. The number of piperazine rings is 1. The topological polar surface area (TPSA) is 72.9 Å². The second-order valence-corrected chi connectivity index (χ2v) is 6.07. The van der Waals surface area contributed by atoms with Crippen LogP contribution in [0.4, 0.5) is 4.79 Å². The van der Waals surface area contributed by atoms with Crippen LogP contribution >= 0.6 is 0 Å². The Morgan fingerprint density at radius 3 is 2.71 bits per heavy atom. The van der Waals surface area contributed by atoms with E-state index in [1.54, 1.807) is 0 Å². The molecule has 120 valence electrons. The van der Waals surface area contributed by atoms with Gasteiger partial charge in [0.2, 0.25) is 0 Å². The van der Waals surface area contributed by atoms with E-state index in [4.69, 9.17) is 5.11 Å². The van der Waals surface area contributed by atoms with Crippen LogP contribution in [0.5, 0.6) is 0 Å². The third kappa shape index (κ3) is 5.19. The minimum Gasteiger partial charge on any atom is -0.481 e. The summed E-state index contributed by atoms with van der Waals surface area (Å²) in [7, 11) is 0. The van der Waals surface area contributed by atoms with Gasteiger partial charge in [-0.1, -0.05) is 12.8 Å². The van der Waals surface area contributed by atoms with Crippen LogP contribution < -0.4 is 5.32 Å².